The molecule has 0 aliphatic carbocycles. The summed E-state index contributed by atoms with van der Waals surface area (Å²) < 4.78 is 0. The third-order valence-electron chi connectivity index (χ3n) is 4.55. The number of likely N-dealkylation sites (N-methyl/N-ethyl adjacent to an activating group) is 1. The molecule has 1 heterocycles. The Morgan fingerprint density at radius 1 is 0.893 bits per heavy atom. The first-order valence-electron chi connectivity index (χ1n) is 9.08. The van der Waals surface area contributed by atoms with E-state index >= 15 is 0 Å². The zero-order valence-electron chi connectivity index (χ0n) is 15.8. The molecule has 0 spiro atoms. The van der Waals surface area contributed by atoms with Gasteiger partial charge in [-0.15, -0.1) is 0 Å². The van der Waals surface area contributed by atoms with Crippen LogP contribution in [0.25, 0.3) is 17.2 Å². The molecule has 3 aromatic rings. The molecular formula is C24H20N2OS. The lowest BCUT2D eigenvalue weighted by Gasteiger charge is -2.07. The molecule has 3 aromatic carbocycles. The standard InChI is InChI=1S/C24H20N2OS/c1-17-11-13-21(14-12-17)25-24-26(2)23(27)22(28-24)16-18-7-6-10-20(15-18)19-8-4-3-5-9-19/h3-16H,1-2H3/b22-16-,25-24+. The predicted molar refractivity (Wildman–Crippen MR) is 118 cm³/mol. The highest BCUT2D eigenvalue weighted by molar-refractivity contribution is 8.18. The van der Waals surface area contributed by atoms with Gasteiger partial charge in [-0.2, -0.15) is 0 Å². The first kappa shape index (κ1) is 18.3. The number of aliphatic imine (C=N–C) groups is 1. The molecule has 0 radical (unpaired) electrons. The number of thioether (sulfide) groups is 1. The fraction of sp³-hybridized carbons (Fsp3) is 0.0833. The summed E-state index contributed by atoms with van der Waals surface area (Å²) in [5.74, 6) is -0.0269. The van der Waals surface area contributed by atoms with E-state index in [0.29, 0.717) is 10.1 Å². The monoisotopic (exact) mass is 384 g/mol. The summed E-state index contributed by atoms with van der Waals surface area (Å²) in [4.78, 5) is 19.6. The fourth-order valence-corrected chi connectivity index (χ4v) is 3.96. The third-order valence-corrected chi connectivity index (χ3v) is 5.61. The molecule has 1 aliphatic heterocycles. The minimum atomic E-state index is -0.0269. The molecule has 1 saturated heterocycles. The van der Waals surface area contributed by atoms with E-state index in [4.69, 9.17) is 0 Å². The maximum absolute atomic E-state index is 12.7. The molecule has 0 saturated carbocycles. The number of aryl methyl sites for hydroxylation is 1. The molecule has 28 heavy (non-hydrogen) atoms. The summed E-state index contributed by atoms with van der Waals surface area (Å²) >= 11 is 1.41. The maximum atomic E-state index is 12.7. The van der Waals surface area contributed by atoms with E-state index in [1.807, 2.05) is 67.6 Å². The molecule has 3 nitrogen and oxygen atoms in total. The Bertz CT molecular complexity index is 1070. The summed E-state index contributed by atoms with van der Waals surface area (Å²) in [5, 5.41) is 0.694. The van der Waals surface area contributed by atoms with Crippen molar-refractivity contribution in [2.45, 2.75) is 6.92 Å². The highest BCUT2D eigenvalue weighted by Crippen LogP contribution is 2.33. The van der Waals surface area contributed by atoms with E-state index in [-0.39, 0.29) is 5.91 Å². The summed E-state index contributed by atoms with van der Waals surface area (Å²) in [7, 11) is 1.77. The lowest BCUT2D eigenvalue weighted by Crippen LogP contribution is -2.23. The predicted octanol–water partition coefficient (Wildman–Crippen LogP) is 5.90. The van der Waals surface area contributed by atoms with Gasteiger partial charge in [-0.25, -0.2) is 4.99 Å². The molecule has 1 fully saturated rings. The number of carbonyl (C=O) groups is 1. The van der Waals surface area contributed by atoms with Crippen LogP contribution in [0.3, 0.4) is 0 Å². The first-order valence-corrected chi connectivity index (χ1v) is 9.90. The summed E-state index contributed by atoms with van der Waals surface area (Å²) in [5.41, 5.74) is 5.33. The number of hydrogen-bond acceptors (Lipinski definition) is 3. The summed E-state index contributed by atoms with van der Waals surface area (Å²) in [6.45, 7) is 2.04. The van der Waals surface area contributed by atoms with Crippen LogP contribution >= 0.6 is 11.8 Å². The van der Waals surface area contributed by atoms with Crippen LogP contribution in [0.15, 0.2) is 88.8 Å². The highest BCUT2D eigenvalue weighted by atomic mass is 32.2. The zero-order chi connectivity index (χ0) is 19.5. The van der Waals surface area contributed by atoms with Gasteiger partial charge in [-0.3, -0.25) is 9.69 Å². The van der Waals surface area contributed by atoms with Gasteiger partial charge in [0.05, 0.1) is 10.6 Å². The largest absolute Gasteiger partial charge is 0.290 e. The van der Waals surface area contributed by atoms with E-state index in [2.05, 4.69) is 29.3 Å². The number of carbonyl (C=O) groups excluding carboxylic acids is 1. The summed E-state index contributed by atoms with van der Waals surface area (Å²) in [6.07, 6.45) is 1.94. The first-order chi connectivity index (χ1) is 13.6. The van der Waals surface area contributed by atoms with E-state index in [0.717, 1.165) is 22.4 Å². The highest BCUT2D eigenvalue weighted by Gasteiger charge is 2.30. The second-order valence-corrected chi connectivity index (χ2v) is 7.71. The molecule has 1 amide bonds. The number of amidine groups is 1. The Balaban J connectivity index is 1.62. The van der Waals surface area contributed by atoms with Crippen LogP contribution in [0.4, 0.5) is 5.69 Å². The van der Waals surface area contributed by atoms with Crippen molar-refractivity contribution >= 4 is 34.6 Å². The van der Waals surface area contributed by atoms with Gasteiger partial charge in [0.1, 0.15) is 0 Å². The van der Waals surface area contributed by atoms with Crippen molar-refractivity contribution in [2.24, 2.45) is 4.99 Å². The van der Waals surface area contributed by atoms with Crippen LogP contribution in [0.5, 0.6) is 0 Å². The Labute approximate surface area is 169 Å². The topological polar surface area (TPSA) is 32.7 Å². The van der Waals surface area contributed by atoms with Crippen molar-refractivity contribution in [1.29, 1.82) is 0 Å². The third kappa shape index (κ3) is 3.92. The molecule has 0 bridgehead atoms. The molecule has 138 valence electrons. The Kier molecular flexibility index (Phi) is 5.13. The van der Waals surface area contributed by atoms with Crippen LogP contribution < -0.4 is 0 Å². The number of hydrogen-bond donors (Lipinski definition) is 0. The average Bonchev–Trinajstić information content (AvgIpc) is 2.98. The molecule has 0 unspecified atom stereocenters. The molecule has 0 aromatic heterocycles. The van der Waals surface area contributed by atoms with Crippen molar-refractivity contribution in [3.8, 4) is 11.1 Å². The smallest absolute Gasteiger partial charge is 0.266 e. The Morgan fingerprint density at radius 2 is 1.61 bits per heavy atom. The Hall–Kier alpha value is -3.11. The van der Waals surface area contributed by atoms with E-state index in [1.54, 1.807) is 11.9 Å². The molecule has 4 heteroatoms. The van der Waals surface area contributed by atoms with Crippen molar-refractivity contribution in [1.82, 2.24) is 4.90 Å². The lowest BCUT2D eigenvalue weighted by atomic mass is 10.0. The molecule has 4 rings (SSSR count). The lowest BCUT2D eigenvalue weighted by molar-refractivity contribution is -0.121. The van der Waals surface area contributed by atoms with E-state index in [1.165, 1.54) is 17.3 Å². The van der Waals surface area contributed by atoms with Crippen LogP contribution in [-0.2, 0) is 4.79 Å². The number of benzene rings is 3. The van der Waals surface area contributed by atoms with Gasteiger partial charge in [0.25, 0.3) is 5.91 Å². The molecule has 1 aliphatic rings. The van der Waals surface area contributed by atoms with Crippen molar-refractivity contribution in [2.75, 3.05) is 7.05 Å². The van der Waals surface area contributed by atoms with Gasteiger partial charge in [0, 0.05) is 7.05 Å². The average molecular weight is 385 g/mol. The normalized spacial score (nSPS) is 16.9. The minimum Gasteiger partial charge on any atom is -0.290 e. The van der Waals surface area contributed by atoms with Crippen molar-refractivity contribution < 1.29 is 4.79 Å². The quantitative estimate of drug-likeness (QED) is 0.527. The van der Waals surface area contributed by atoms with E-state index < -0.39 is 0 Å². The number of nitrogens with zero attached hydrogens (tertiary/aromatic N) is 2. The zero-order valence-corrected chi connectivity index (χ0v) is 16.6. The van der Waals surface area contributed by atoms with Gasteiger partial charge in [-0.05, 0) is 59.7 Å². The molecule has 0 N–H and O–H groups in total. The van der Waals surface area contributed by atoms with Gasteiger partial charge in [0.15, 0.2) is 5.17 Å². The van der Waals surface area contributed by atoms with Gasteiger partial charge < -0.3 is 0 Å². The van der Waals surface area contributed by atoms with Crippen LogP contribution in [0.2, 0.25) is 0 Å². The second kappa shape index (κ2) is 7.87. The second-order valence-electron chi connectivity index (χ2n) is 6.70. The Morgan fingerprint density at radius 3 is 2.36 bits per heavy atom. The van der Waals surface area contributed by atoms with Gasteiger partial charge >= 0.3 is 0 Å². The minimum absolute atomic E-state index is 0.0269. The van der Waals surface area contributed by atoms with Crippen LogP contribution in [0.1, 0.15) is 11.1 Å². The number of rotatable bonds is 3. The van der Waals surface area contributed by atoms with E-state index in [9.17, 15) is 4.79 Å². The van der Waals surface area contributed by atoms with Crippen molar-refractivity contribution in [3.63, 3.8) is 0 Å². The molecule has 0 atom stereocenters. The maximum Gasteiger partial charge on any atom is 0.266 e. The van der Waals surface area contributed by atoms with Crippen molar-refractivity contribution in [3.05, 3.63) is 94.9 Å². The number of amides is 1. The van der Waals surface area contributed by atoms with Gasteiger partial charge in [0.2, 0.25) is 0 Å². The van der Waals surface area contributed by atoms with Gasteiger partial charge in [-0.1, -0.05) is 66.2 Å². The molecular weight excluding hydrogens is 364 g/mol. The van der Waals surface area contributed by atoms with Crippen LogP contribution in [-0.4, -0.2) is 23.0 Å². The van der Waals surface area contributed by atoms with Crippen LogP contribution in [0, 0.1) is 6.92 Å². The SMILES string of the molecule is Cc1ccc(/N=C2/S/C(=C\c3cccc(-c4ccccc4)c3)C(=O)N2C)cc1. The summed E-state index contributed by atoms with van der Waals surface area (Å²) in [6, 6.07) is 26.4. The fourth-order valence-electron chi connectivity index (χ4n) is 2.97.